The zero-order chi connectivity index (χ0) is 35.4. The third-order valence-corrected chi connectivity index (χ3v) is 11.5. The van der Waals surface area contributed by atoms with Crippen LogP contribution in [0.25, 0.3) is 32.9 Å². The van der Waals surface area contributed by atoms with Gasteiger partial charge >= 0.3 is 6.01 Å². The molecule has 266 valence electrons. The molecule has 2 aromatic carbocycles. The van der Waals surface area contributed by atoms with Crippen molar-refractivity contribution < 1.29 is 23.4 Å². The number of carbonyl (C=O) groups excluding carboxylic acids is 1. The summed E-state index contributed by atoms with van der Waals surface area (Å²) in [5.74, 6) is 5.33. The molecule has 1 N–H and O–H groups in total. The summed E-state index contributed by atoms with van der Waals surface area (Å²) in [6, 6.07) is 10.8. The average Bonchev–Trinajstić information content (AvgIpc) is 3.89. The summed E-state index contributed by atoms with van der Waals surface area (Å²) in [4.78, 5) is 34.9. The maximum Gasteiger partial charge on any atom is 0.319 e. The summed E-state index contributed by atoms with van der Waals surface area (Å²) in [6.07, 6.45) is 3.52. The van der Waals surface area contributed by atoms with E-state index < -0.39 is 23.6 Å². The van der Waals surface area contributed by atoms with Crippen LogP contribution in [-0.2, 0) is 4.79 Å². The van der Waals surface area contributed by atoms with Gasteiger partial charge in [0.15, 0.2) is 5.82 Å². The molecule has 8 rings (SSSR count). The van der Waals surface area contributed by atoms with Gasteiger partial charge in [0.25, 0.3) is 5.91 Å². The van der Waals surface area contributed by atoms with Crippen LogP contribution in [0.3, 0.4) is 0 Å². The van der Waals surface area contributed by atoms with Crippen LogP contribution in [0, 0.1) is 17.7 Å². The first-order valence-electron chi connectivity index (χ1n) is 17.6. The number of alkyl halides is 1. The number of β-amino-alcohol motifs (C(OH)–C–C–N with tert-alkyl or cyclic N) is 1. The normalized spacial score (nSPS) is 26.5. The Bertz CT molecular complexity index is 2070. The molecule has 0 bridgehead atoms. The molecule has 51 heavy (non-hydrogen) atoms. The molecule has 2 aromatic heterocycles. The van der Waals surface area contributed by atoms with Crippen molar-refractivity contribution in [3.63, 3.8) is 0 Å². The number of aromatic nitrogens is 3. The van der Waals surface area contributed by atoms with Crippen LogP contribution in [-0.4, -0.2) is 124 Å². The highest BCUT2D eigenvalue weighted by atomic mass is 35.5. The van der Waals surface area contributed by atoms with Crippen molar-refractivity contribution in [1.29, 1.82) is 0 Å². The highest BCUT2D eigenvalue weighted by Gasteiger charge is 2.49. The lowest BCUT2D eigenvalue weighted by Gasteiger charge is -2.31. The minimum Gasteiger partial charge on any atom is -0.461 e. The van der Waals surface area contributed by atoms with Crippen molar-refractivity contribution in [1.82, 2.24) is 29.7 Å². The molecule has 4 saturated heterocycles. The fourth-order valence-electron chi connectivity index (χ4n) is 8.46. The Morgan fingerprint density at radius 1 is 1.18 bits per heavy atom. The number of aliphatic hydroxyl groups excluding tert-OH is 1. The highest BCUT2D eigenvalue weighted by Crippen LogP contribution is 2.41. The van der Waals surface area contributed by atoms with E-state index in [1.165, 1.54) is 0 Å². The second kappa shape index (κ2) is 13.4. The third-order valence-electron chi connectivity index (χ3n) is 11.2. The number of aliphatic hydroxyl groups is 1. The van der Waals surface area contributed by atoms with E-state index in [2.05, 4.69) is 26.7 Å². The molecule has 0 spiro atoms. The first-order valence-corrected chi connectivity index (χ1v) is 18.0. The van der Waals surface area contributed by atoms with E-state index in [1.54, 1.807) is 23.2 Å². The molecular formula is C38H40ClF2N7O3. The predicted octanol–water partition coefficient (Wildman–Crippen LogP) is 4.70. The molecule has 1 amide bonds. The molecule has 4 aliphatic heterocycles. The van der Waals surface area contributed by atoms with Gasteiger partial charge in [0.2, 0.25) is 0 Å². The summed E-state index contributed by atoms with van der Waals surface area (Å²) in [5.41, 5.74) is 0.252. The summed E-state index contributed by atoms with van der Waals surface area (Å²) < 4.78 is 37.7. The summed E-state index contributed by atoms with van der Waals surface area (Å²) in [7, 11) is 3.75. The molecule has 0 aliphatic carbocycles. The largest absolute Gasteiger partial charge is 0.461 e. The van der Waals surface area contributed by atoms with Crippen molar-refractivity contribution in [2.24, 2.45) is 0 Å². The number of anilines is 1. The number of nitrogens with zero attached hydrogens (tertiary/aromatic N) is 7. The van der Waals surface area contributed by atoms with Gasteiger partial charge in [-0.25, -0.2) is 8.78 Å². The fourth-order valence-corrected chi connectivity index (χ4v) is 8.75. The van der Waals surface area contributed by atoms with Crippen LogP contribution in [0.5, 0.6) is 6.01 Å². The lowest BCUT2D eigenvalue weighted by Crippen LogP contribution is -2.43. The Balaban J connectivity index is 1.13. The lowest BCUT2D eigenvalue weighted by atomic mass is 9.95. The number of pyridine rings is 1. The van der Waals surface area contributed by atoms with Crippen LogP contribution in [0.15, 0.2) is 42.6 Å². The van der Waals surface area contributed by atoms with Gasteiger partial charge in [-0.1, -0.05) is 47.9 Å². The smallest absolute Gasteiger partial charge is 0.319 e. The Hall–Kier alpha value is -4.15. The van der Waals surface area contributed by atoms with Crippen LogP contribution >= 0.6 is 11.6 Å². The van der Waals surface area contributed by atoms with E-state index in [0.717, 1.165) is 24.8 Å². The first-order chi connectivity index (χ1) is 24.6. The van der Waals surface area contributed by atoms with Crippen molar-refractivity contribution in [3.8, 4) is 29.1 Å². The van der Waals surface area contributed by atoms with Gasteiger partial charge in [-0.15, -0.1) is 0 Å². The SMILES string of the molecule is CN1C[C@H](O)C[C@H]1C#CC(=O)N1CC[C@@H](N(C)c2nc(OC[C@@]34CCCN3C[C@H](F)C4)nc3c(F)c(-c4cccc5cccc(Cl)c45)ncc23)C1. The zero-order valence-corrected chi connectivity index (χ0v) is 29.4. The molecule has 0 unspecified atom stereocenters. The molecule has 4 fully saturated rings. The summed E-state index contributed by atoms with van der Waals surface area (Å²) >= 11 is 6.62. The van der Waals surface area contributed by atoms with Crippen molar-refractivity contribution in [3.05, 3.63) is 53.4 Å². The van der Waals surface area contributed by atoms with Crippen molar-refractivity contribution >= 4 is 45.0 Å². The monoisotopic (exact) mass is 715 g/mol. The summed E-state index contributed by atoms with van der Waals surface area (Å²) in [6.45, 7) is 2.82. The van der Waals surface area contributed by atoms with Gasteiger partial charge in [-0.3, -0.25) is 19.6 Å². The Labute approximate surface area is 300 Å². The van der Waals surface area contributed by atoms with Crippen LogP contribution in [0.4, 0.5) is 14.6 Å². The number of halogens is 3. The maximum atomic E-state index is 16.8. The first kappa shape index (κ1) is 34.0. The number of amides is 1. The lowest BCUT2D eigenvalue weighted by molar-refractivity contribution is -0.124. The van der Waals surface area contributed by atoms with Crippen LogP contribution in [0.1, 0.15) is 32.1 Å². The second-order valence-electron chi connectivity index (χ2n) is 14.4. The molecule has 6 heterocycles. The van der Waals surface area contributed by atoms with Gasteiger partial charge in [0.1, 0.15) is 29.8 Å². The minimum absolute atomic E-state index is 0.000414. The molecule has 4 aliphatic rings. The number of likely N-dealkylation sites (tertiary alicyclic amines) is 2. The Morgan fingerprint density at radius 2 is 2.00 bits per heavy atom. The van der Waals surface area contributed by atoms with E-state index in [-0.39, 0.29) is 41.8 Å². The maximum absolute atomic E-state index is 16.8. The number of benzene rings is 2. The van der Waals surface area contributed by atoms with Gasteiger partial charge in [-0.05, 0) is 50.2 Å². The number of hydrogen-bond donors (Lipinski definition) is 1. The van der Waals surface area contributed by atoms with E-state index in [9.17, 15) is 14.3 Å². The molecule has 10 nitrogen and oxygen atoms in total. The minimum atomic E-state index is -0.921. The summed E-state index contributed by atoms with van der Waals surface area (Å²) in [5, 5.41) is 12.4. The molecule has 4 aromatic rings. The van der Waals surface area contributed by atoms with Crippen molar-refractivity contribution in [2.75, 3.05) is 58.3 Å². The number of hydrogen-bond acceptors (Lipinski definition) is 9. The second-order valence-corrected chi connectivity index (χ2v) is 14.8. The molecular weight excluding hydrogens is 676 g/mol. The van der Waals surface area contributed by atoms with Gasteiger partial charge in [0.05, 0.1) is 23.1 Å². The number of likely N-dealkylation sites (N-methyl/N-ethyl adjacent to an activating group) is 2. The molecule has 5 atom stereocenters. The molecule has 0 saturated carbocycles. The van der Waals surface area contributed by atoms with Crippen LogP contribution in [0.2, 0.25) is 5.02 Å². The van der Waals surface area contributed by atoms with E-state index in [0.29, 0.717) is 72.6 Å². The quantitative estimate of drug-likeness (QED) is 0.285. The Kier molecular flexibility index (Phi) is 8.95. The predicted molar refractivity (Wildman–Crippen MR) is 192 cm³/mol. The van der Waals surface area contributed by atoms with E-state index in [1.807, 2.05) is 48.2 Å². The Morgan fingerprint density at radius 3 is 2.80 bits per heavy atom. The van der Waals surface area contributed by atoms with E-state index >= 15 is 4.39 Å². The van der Waals surface area contributed by atoms with Gasteiger partial charge in [-0.2, -0.15) is 9.97 Å². The number of carbonyl (C=O) groups is 1. The molecule has 0 radical (unpaired) electrons. The number of ether oxygens (including phenoxy) is 1. The van der Waals surface area contributed by atoms with Gasteiger partial charge in [0, 0.05) is 74.3 Å². The van der Waals surface area contributed by atoms with Crippen molar-refractivity contribution in [2.45, 2.75) is 62.0 Å². The highest BCUT2D eigenvalue weighted by molar-refractivity contribution is 6.36. The zero-order valence-electron chi connectivity index (χ0n) is 28.7. The standard InChI is InChI=1S/C38H40ClF2N7O3/c1-45-21-27(49)16-25(45)10-11-31(50)47-15-12-26(20-47)46(2)36-29-18-42-34(28-8-3-6-23-7-4-9-30(39)32(23)28)33(41)35(29)43-37(44-36)51-22-38-13-5-14-48(38)19-24(40)17-38/h3-4,6-9,18,24-27,49H,5,12-17,19-22H2,1-2H3/t24-,25-,26-,27-,38+/m1/s1. The van der Waals surface area contributed by atoms with Crippen LogP contribution < -0.4 is 9.64 Å². The molecule has 13 heteroatoms. The third kappa shape index (κ3) is 6.24. The topological polar surface area (TPSA) is 98.2 Å². The van der Waals surface area contributed by atoms with E-state index in [4.69, 9.17) is 21.3 Å². The number of fused-ring (bicyclic) bond motifs is 3. The fraction of sp³-hybridized carbons (Fsp3) is 0.474. The van der Waals surface area contributed by atoms with Gasteiger partial charge < -0.3 is 19.6 Å². The number of rotatable bonds is 6. The average molecular weight is 716 g/mol.